The standard InChI is InChI=1S/C14H23N3O2/c1-4-6-15-12-7-13(16-10-11(3)5-2)9-14(8-12)17(18)19/h7-9,11,15-16H,4-6,10H2,1-3H3. The zero-order valence-corrected chi connectivity index (χ0v) is 11.9. The van der Waals surface area contributed by atoms with E-state index in [1.807, 2.05) is 6.07 Å². The highest BCUT2D eigenvalue weighted by atomic mass is 16.6. The first kappa shape index (κ1) is 15.3. The third-order valence-corrected chi connectivity index (χ3v) is 3.06. The molecule has 0 saturated heterocycles. The van der Waals surface area contributed by atoms with Gasteiger partial charge in [-0.2, -0.15) is 0 Å². The first-order chi connectivity index (χ1) is 9.06. The fraction of sp³-hybridized carbons (Fsp3) is 0.571. The molecule has 0 aliphatic rings. The summed E-state index contributed by atoms with van der Waals surface area (Å²) in [5, 5.41) is 17.4. The highest BCUT2D eigenvalue weighted by Gasteiger charge is 2.10. The average Bonchev–Trinajstić information content (AvgIpc) is 2.42. The Labute approximate surface area is 114 Å². The second kappa shape index (κ2) is 7.61. The van der Waals surface area contributed by atoms with E-state index in [9.17, 15) is 10.1 Å². The van der Waals surface area contributed by atoms with E-state index in [0.717, 1.165) is 37.3 Å². The molecule has 0 heterocycles. The molecule has 1 aromatic rings. The SMILES string of the molecule is CCCNc1cc(NCC(C)CC)cc([N+](=O)[O-])c1. The maximum Gasteiger partial charge on any atom is 0.273 e. The molecule has 0 aliphatic heterocycles. The van der Waals surface area contributed by atoms with Crippen LogP contribution in [0.15, 0.2) is 18.2 Å². The number of non-ortho nitro benzene ring substituents is 1. The van der Waals surface area contributed by atoms with Gasteiger partial charge in [0.25, 0.3) is 5.69 Å². The monoisotopic (exact) mass is 265 g/mol. The molecule has 1 rings (SSSR count). The molecule has 0 amide bonds. The number of nitro groups is 1. The number of nitro benzene ring substituents is 1. The van der Waals surface area contributed by atoms with Crippen molar-refractivity contribution in [1.29, 1.82) is 0 Å². The topological polar surface area (TPSA) is 67.2 Å². The summed E-state index contributed by atoms with van der Waals surface area (Å²) in [4.78, 5) is 10.6. The Morgan fingerprint density at radius 1 is 1.21 bits per heavy atom. The Morgan fingerprint density at radius 2 is 1.84 bits per heavy atom. The van der Waals surface area contributed by atoms with Crippen molar-refractivity contribution in [2.24, 2.45) is 5.92 Å². The van der Waals surface area contributed by atoms with E-state index in [1.54, 1.807) is 12.1 Å². The van der Waals surface area contributed by atoms with Crippen LogP contribution in [0.4, 0.5) is 17.1 Å². The fourth-order valence-electron chi connectivity index (χ4n) is 1.63. The van der Waals surface area contributed by atoms with Crippen LogP contribution >= 0.6 is 0 Å². The lowest BCUT2D eigenvalue weighted by Gasteiger charge is -2.13. The Kier molecular flexibility index (Phi) is 6.12. The van der Waals surface area contributed by atoms with Crippen molar-refractivity contribution in [2.45, 2.75) is 33.6 Å². The first-order valence-corrected chi connectivity index (χ1v) is 6.84. The Hall–Kier alpha value is -1.78. The summed E-state index contributed by atoms with van der Waals surface area (Å²) in [5.41, 5.74) is 1.71. The van der Waals surface area contributed by atoms with Gasteiger partial charge in [-0.15, -0.1) is 0 Å². The molecule has 0 saturated carbocycles. The largest absolute Gasteiger partial charge is 0.385 e. The minimum Gasteiger partial charge on any atom is -0.385 e. The van der Waals surface area contributed by atoms with Crippen molar-refractivity contribution in [3.63, 3.8) is 0 Å². The number of hydrogen-bond acceptors (Lipinski definition) is 4. The molecule has 106 valence electrons. The van der Waals surface area contributed by atoms with E-state index >= 15 is 0 Å². The van der Waals surface area contributed by atoms with Gasteiger partial charge in [-0.05, 0) is 18.4 Å². The van der Waals surface area contributed by atoms with Gasteiger partial charge in [-0.1, -0.05) is 27.2 Å². The van der Waals surface area contributed by atoms with E-state index in [2.05, 4.69) is 31.4 Å². The Morgan fingerprint density at radius 3 is 2.37 bits per heavy atom. The molecule has 1 aromatic carbocycles. The van der Waals surface area contributed by atoms with Crippen LogP contribution in [0, 0.1) is 16.0 Å². The van der Waals surface area contributed by atoms with Crippen molar-refractivity contribution >= 4 is 17.1 Å². The minimum absolute atomic E-state index is 0.118. The number of anilines is 2. The molecular formula is C14H23N3O2. The van der Waals surface area contributed by atoms with Crippen LogP contribution < -0.4 is 10.6 Å². The van der Waals surface area contributed by atoms with Gasteiger partial charge >= 0.3 is 0 Å². The summed E-state index contributed by atoms with van der Waals surface area (Å²) in [6.07, 6.45) is 2.07. The third-order valence-electron chi connectivity index (χ3n) is 3.06. The summed E-state index contributed by atoms with van der Waals surface area (Å²) in [7, 11) is 0. The highest BCUT2D eigenvalue weighted by molar-refractivity contribution is 5.63. The van der Waals surface area contributed by atoms with Crippen LogP contribution in [0.3, 0.4) is 0 Å². The molecule has 0 bridgehead atoms. The maximum absolute atomic E-state index is 10.9. The van der Waals surface area contributed by atoms with Crippen molar-refractivity contribution < 1.29 is 4.92 Å². The predicted octanol–water partition coefficient (Wildman–Crippen LogP) is 3.87. The fourth-order valence-corrected chi connectivity index (χ4v) is 1.63. The highest BCUT2D eigenvalue weighted by Crippen LogP contribution is 2.24. The Bertz CT molecular complexity index is 421. The van der Waals surface area contributed by atoms with Crippen molar-refractivity contribution in [2.75, 3.05) is 23.7 Å². The van der Waals surface area contributed by atoms with Gasteiger partial charge in [-0.25, -0.2) is 0 Å². The molecule has 0 spiro atoms. The second-order valence-corrected chi connectivity index (χ2v) is 4.85. The number of benzene rings is 1. The average molecular weight is 265 g/mol. The van der Waals surface area contributed by atoms with Crippen LogP contribution in [0.2, 0.25) is 0 Å². The lowest BCUT2D eigenvalue weighted by atomic mass is 10.1. The zero-order valence-electron chi connectivity index (χ0n) is 11.9. The normalized spacial score (nSPS) is 11.9. The van der Waals surface area contributed by atoms with Gasteiger partial charge in [0.2, 0.25) is 0 Å². The van der Waals surface area contributed by atoms with E-state index in [-0.39, 0.29) is 10.6 Å². The molecule has 0 aromatic heterocycles. The minimum atomic E-state index is -0.356. The molecule has 2 N–H and O–H groups in total. The molecule has 1 atom stereocenters. The van der Waals surface area contributed by atoms with Gasteiger partial charge < -0.3 is 10.6 Å². The van der Waals surface area contributed by atoms with Gasteiger partial charge in [0.1, 0.15) is 0 Å². The van der Waals surface area contributed by atoms with E-state index in [4.69, 9.17) is 0 Å². The van der Waals surface area contributed by atoms with E-state index in [0.29, 0.717) is 5.92 Å². The Balaban J connectivity index is 2.83. The number of rotatable bonds is 8. The van der Waals surface area contributed by atoms with E-state index in [1.165, 1.54) is 0 Å². The predicted molar refractivity (Wildman–Crippen MR) is 79.8 cm³/mol. The molecule has 5 nitrogen and oxygen atoms in total. The summed E-state index contributed by atoms with van der Waals surface area (Å²) in [5.74, 6) is 0.548. The van der Waals surface area contributed by atoms with Gasteiger partial charge in [-0.3, -0.25) is 10.1 Å². The quantitative estimate of drug-likeness (QED) is 0.553. The van der Waals surface area contributed by atoms with Crippen molar-refractivity contribution in [1.82, 2.24) is 0 Å². The summed E-state index contributed by atoms with van der Waals surface area (Å²) in [6, 6.07) is 5.08. The van der Waals surface area contributed by atoms with Crippen LogP contribution in [-0.4, -0.2) is 18.0 Å². The van der Waals surface area contributed by atoms with Crippen molar-refractivity contribution in [3.05, 3.63) is 28.3 Å². The number of hydrogen-bond donors (Lipinski definition) is 2. The zero-order chi connectivity index (χ0) is 14.3. The van der Waals surface area contributed by atoms with Crippen LogP contribution in [0.1, 0.15) is 33.6 Å². The molecule has 5 heteroatoms. The number of nitrogens with zero attached hydrogens (tertiary/aromatic N) is 1. The molecule has 0 radical (unpaired) electrons. The summed E-state index contributed by atoms with van der Waals surface area (Å²) < 4.78 is 0. The second-order valence-electron chi connectivity index (χ2n) is 4.85. The third kappa shape index (κ3) is 5.16. The van der Waals surface area contributed by atoms with Gasteiger partial charge in [0, 0.05) is 36.6 Å². The molecule has 0 fully saturated rings. The molecule has 19 heavy (non-hydrogen) atoms. The van der Waals surface area contributed by atoms with Gasteiger partial charge in [0.15, 0.2) is 0 Å². The summed E-state index contributed by atoms with van der Waals surface area (Å²) >= 11 is 0. The van der Waals surface area contributed by atoms with Crippen LogP contribution in [0.5, 0.6) is 0 Å². The number of nitrogens with one attached hydrogen (secondary N) is 2. The lowest BCUT2D eigenvalue weighted by Crippen LogP contribution is -2.11. The lowest BCUT2D eigenvalue weighted by molar-refractivity contribution is -0.384. The summed E-state index contributed by atoms with van der Waals surface area (Å²) in [6.45, 7) is 7.98. The first-order valence-electron chi connectivity index (χ1n) is 6.84. The maximum atomic E-state index is 10.9. The van der Waals surface area contributed by atoms with Crippen LogP contribution in [-0.2, 0) is 0 Å². The van der Waals surface area contributed by atoms with Crippen molar-refractivity contribution in [3.8, 4) is 0 Å². The smallest absolute Gasteiger partial charge is 0.273 e. The van der Waals surface area contributed by atoms with Crippen LogP contribution in [0.25, 0.3) is 0 Å². The van der Waals surface area contributed by atoms with E-state index < -0.39 is 0 Å². The molecular weight excluding hydrogens is 242 g/mol. The molecule has 1 unspecified atom stereocenters. The van der Waals surface area contributed by atoms with Gasteiger partial charge in [0.05, 0.1) is 4.92 Å². The molecule has 0 aliphatic carbocycles.